The molecule has 2 aliphatic rings. The van der Waals surface area contributed by atoms with Crippen LogP contribution in [0.25, 0.3) is 0 Å². The van der Waals surface area contributed by atoms with Gasteiger partial charge >= 0.3 is 13.6 Å². The van der Waals surface area contributed by atoms with Crippen LogP contribution in [0.4, 0.5) is 0 Å². The van der Waals surface area contributed by atoms with E-state index >= 15 is 0 Å². The first-order valence-corrected chi connectivity index (χ1v) is 12.1. The molecule has 1 N–H and O–H groups in total. The van der Waals surface area contributed by atoms with E-state index in [1.807, 2.05) is 17.5 Å². The Morgan fingerprint density at radius 3 is 2.66 bits per heavy atom. The summed E-state index contributed by atoms with van der Waals surface area (Å²) in [6.45, 7) is 1.14. The quantitative estimate of drug-likeness (QED) is 0.356. The van der Waals surface area contributed by atoms with Crippen LogP contribution in [0.3, 0.4) is 0 Å². The molecule has 1 saturated heterocycles. The number of amides is 2. The number of hydrogen-bond acceptors (Lipinski definition) is 9. The number of β-lactam (4-membered cyclic amide) rings is 1. The second-order valence-electron chi connectivity index (χ2n) is 6.28. The zero-order valence-corrected chi connectivity index (χ0v) is 18.6. The van der Waals surface area contributed by atoms with Crippen molar-refractivity contribution in [3.05, 3.63) is 33.4 Å². The van der Waals surface area contributed by atoms with E-state index in [9.17, 15) is 18.9 Å². The molecule has 29 heavy (non-hydrogen) atoms. The van der Waals surface area contributed by atoms with Crippen LogP contribution in [0.1, 0.15) is 11.8 Å². The zero-order valence-electron chi connectivity index (χ0n) is 16.1. The van der Waals surface area contributed by atoms with Crippen molar-refractivity contribution in [3.63, 3.8) is 0 Å². The minimum absolute atomic E-state index is 0.0845. The molecule has 9 nitrogen and oxygen atoms in total. The van der Waals surface area contributed by atoms with Crippen molar-refractivity contribution in [2.75, 3.05) is 26.6 Å². The van der Waals surface area contributed by atoms with E-state index in [2.05, 4.69) is 5.32 Å². The van der Waals surface area contributed by atoms with Gasteiger partial charge in [-0.25, -0.2) is 0 Å². The summed E-state index contributed by atoms with van der Waals surface area (Å²) in [4.78, 5) is 38.6. The Bertz CT molecular complexity index is 878. The normalized spacial score (nSPS) is 21.5. The van der Waals surface area contributed by atoms with Gasteiger partial charge in [-0.1, -0.05) is 6.07 Å². The molecule has 1 fully saturated rings. The molecule has 2 aliphatic heterocycles. The highest BCUT2D eigenvalue weighted by atomic mass is 32.2. The summed E-state index contributed by atoms with van der Waals surface area (Å²) in [5, 5.41) is 4.19. The Labute approximate surface area is 176 Å². The summed E-state index contributed by atoms with van der Waals surface area (Å²) in [7, 11) is -1.34. The SMILES string of the molecule is COP(=O)(OC)C1=C(COC(C)=O)CS[C@@H]2[C@@H](NC(=O)Cc3cccs3)C(=O)N12. The van der Waals surface area contributed by atoms with Gasteiger partial charge in [-0.2, -0.15) is 0 Å². The summed E-state index contributed by atoms with van der Waals surface area (Å²) in [6.07, 6.45) is 0.188. The molecule has 0 radical (unpaired) electrons. The minimum atomic E-state index is -3.79. The number of nitrogens with zero attached hydrogens (tertiary/aromatic N) is 1. The smallest absolute Gasteiger partial charge is 0.377 e. The highest BCUT2D eigenvalue weighted by Gasteiger charge is 2.57. The molecule has 1 aromatic rings. The van der Waals surface area contributed by atoms with Gasteiger partial charge in [0, 0.05) is 37.3 Å². The molecular weight excluding hydrogens is 439 g/mol. The van der Waals surface area contributed by atoms with Crippen LogP contribution >= 0.6 is 30.7 Å². The minimum Gasteiger partial charge on any atom is -0.461 e. The third-order valence-electron chi connectivity index (χ3n) is 4.44. The van der Waals surface area contributed by atoms with Gasteiger partial charge in [0.2, 0.25) is 5.91 Å². The number of carbonyl (C=O) groups excluding carboxylic acids is 3. The maximum atomic E-state index is 13.1. The molecule has 2 atom stereocenters. The Morgan fingerprint density at radius 1 is 1.34 bits per heavy atom. The summed E-state index contributed by atoms with van der Waals surface area (Å²) in [6, 6.07) is 2.97. The molecule has 0 unspecified atom stereocenters. The molecule has 2 amide bonds. The lowest BCUT2D eigenvalue weighted by atomic mass is 10.1. The molecule has 0 spiro atoms. The van der Waals surface area contributed by atoms with E-state index in [0.717, 1.165) is 4.88 Å². The molecule has 158 valence electrons. The summed E-state index contributed by atoms with van der Waals surface area (Å²) < 4.78 is 28.3. The van der Waals surface area contributed by atoms with Gasteiger partial charge in [-0.05, 0) is 11.4 Å². The largest absolute Gasteiger partial charge is 0.461 e. The number of ether oxygens (including phenoxy) is 1. The molecule has 3 rings (SSSR count). The molecule has 0 saturated carbocycles. The van der Waals surface area contributed by atoms with Gasteiger partial charge in [-0.15, -0.1) is 23.1 Å². The number of rotatable bonds is 8. The van der Waals surface area contributed by atoms with E-state index in [1.165, 1.54) is 49.1 Å². The predicted octanol–water partition coefficient (Wildman–Crippen LogP) is 1.95. The Morgan fingerprint density at radius 2 is 2.07 bits per heavy atom. The van der Waals surface area contributed by atoms with E-state index in [1.54, 1.807) is 0 Å². The molecule has 3 heterocycles. The van der Waals surface area contributed by atoms with Crippen molar-refractivity contribution in [1.82, 2.24) is 10.2 Å². The number of carbonyl (C=O) groups is 3. The highest BCUT2D eigenvalue weighted by molar-refractivity contribution is 8.00. The Balaban J connectivity index is 1.80. The van der Waals surface area contributed by atoms with E-state index in [4.69, 9.17) is 13.8 Å². The van der Waals surface area contributed by atoms with Crippen molar-refractivity contribution in [2.24, 2.45) is 0 Å². The molecule has 0 aromatic carbocycles. The third-order valence-corrected chi connectivity index (χ3v) is 8.66. The fourth-order valence-corrected chi connectivity index (χ4v) is 6.81. The summed E-state index contributed by atoms with van der Waals surface area (Å²) in [5.74, 6) is -0.817. The van der Waals surface area contributed by atoms with Crippen LogP contribution in [0, 0.1) is 0 Å². The lowest BCUT2D eigenvalue weighted by Gasteiger charge is -2.50. The van der Waals surface area contributed by atoms with E-state index < -0.39 is 30.9 Å². The number of thiophene rings is 1. The monoisotopic (exact) mass is 460 g/mol. The molecule has 12 heteroatoms. The second-order valence-corrected chi connectivity index (χ2v) is 10.6. The van der Waals surface area contributed by atoms with Gasteiger partial charge in [0.05, 0.1) is 6.42 Å². The van der Waals surface area contributed by atoms with Crippen LogP contribution in [-0.4, -0.2) is 60.7 Å². The summed E-state index contributed by atoms with van der Waals surface area (Å²) >= 11 is 2.85. The van der Waals surface area contributed by atoms with E-state index in [0.29, 0.717) is 11.3 Å². The lowest BCUT2D eigenvalue weighted by molar-refractivity contribution is -0.145. The first-order valence-electron chi connectivity index (χ1n) is 8.64. The highest BCUT2D eigenvalue weighted by Crippen LogP contribution is 2.61. The van der Waals surface area contributed by atoms with Gasteiger partial charge in [-0.3, -0.25) is 23.8 Å². The van der Waals surface area contributed by atoms with Gasteiger partial charge in [0.25, 0.3) is 5.91 Å². The third kappa shape index (κ3) is 4.44. The fourth-order valence-electron chi connectivity index (χ4n) is 3.08. The molecule has 0 bridgehead atoms. The van der Waals surface area contributed by atoms with Gasteiger partial charge in [0.15, 0.2) is 0 Å². The first kappa shape index (κ1) is 22.0. The zero-order chi connectivity index (χ0) is 21.2. The van der Waals surface area contributed by atoms with Crippen molar-refractivity contribution in [3.8, 4) is 0 Å². The maximum absolute atomic E-state index is 13.1. The topological polar surface area (TPSA) is 111 Å². The van der Waals surface area contributed by atoms with Gasteiger partial charge < -0.3 is 19.1 Å². The summed E-state index contributed by atoms with van der Waals surface area (Å²) in [5.41, 5.74) is 0.562. The van der Waals surface area contributed by atoms with Crippen LogP contribution in [0.15, 0.2) is 28.5 Å². The average Bonchev–Trinajstić information content (AvgIpc) is 3.21. The average molecular weight is 460 g/mol. The van der Waals surface area contributed by atoms with Crippen molar-refractivity contribution in [1.29, 1.82) is 0 Å². The van der Waals surface area contributed by atoms with E-state index in [-0.39, 0.29) is 24.4 Å². The van der Waals surface area contributed by atoms with Crippen molar-refractivity contribution >= 4 is 48.5 Å². The predicted molar refractivity (Wildman–Crippen MR) is 108 cm³/mol. The Hall–Kier alpha value is -1.65. The van der Waals surface area contributed by atoms with Gasteiger partial charge in [0.1, 0.15) is 23.5 Å². The number of nitrogens with one attached hydrogen (secondary N) is 1. The van der Waals surface area contributed by atoms with Crippen LogP contribution < -0.4 is 5.32 Å². The standard InChI is InChI=1S/C17H21N2O7PS2/c1-10(20)26-8-11-9-29-17-14(18-13(21)7-12-5-4-6-28-12)15(22)19(17)16(11)27(23,24-2)25-3/h4-6,14,17H,7-9H2,1-3H3,(H,18,21)/t14-,17+/m0/s1. The Kier molecular flexibility index (Phi) is 6.85. The molecule has 0 aliphatic carbocycles. The van der Waals surface area contributed by atoms with Crippen LogP contribution in [0.5, 0.6) is 0 Å². The van der Waals surface area contributed by atoms with Crippen LogP contribution in [0.2, 0.25) is 0 Å². The molecule has 1 aromatic heterocycles. The lowest BCUT2D eigenvalue weighted by Crippen LogP contribution is -2.70. The number of thioether (sulfide) groups is 1. The van der Waals surface area contributed by atoms with Crippen LogP contribution in [-0.2, 0) is 39.2 Å². The second kappa shape index (κ2) is 9.01. The number of fused-ring (bicyclic) bond motifs is 1. The van der Waals surface area contributed by atoms with Crippen molar-refractivity contribution in [2.45, 2.75) is 24.8 Å². The van der Waals surface area contributed by atoms with Crippen molar-refractivity contribution < 1.29 is 32.7 Å². The first-order chi connectivity index (χ1) is 13.8. The number of esters is 1. The molecular formula is C17H21N2O7PS2. The number of hydrogen-bond donors (Lipinski definition) is 1. The fraction of sp³-hybridized carbons (Fsp3) is 0.471. The maximum Gasteiger partial charge on any atom is 0.377 e.